The normalized spacial score (nSPS) is 14.6. The van der Waals surface area contributed by atoms with Crippen LogP contribution in [0.15, 0.2) is 41.6 Å². The highest BCUT2D eigenvalue weighted by molar-refractivity contribution is 5.38. The molecule has 0 aliphatic carbocycles. The van der Waals surface area contributed by atoms with Crippen LogP contribution in [0.1, 0.15) is 84.4 Å². The Hall–Kier alpha value is -1.58. The summed E-state index contributed by atoms with van der Waals surface area (Å²) in [5, 5.41) is 0. The lowest BCUT2D eigenvalue weighted by molar-refractivity contribution is -0.141. The lowest BCUT2D eigenvalue weighted by Crippen LogP contribution is -2.11. The molecule has 1 atom stereocenters. The maximum absolute atomic E-state index is 12.8. The molecule has 0 saturated carbocycles. The van der Waals surface area contributed by atoms with E-state index in [1.165, 1.54) is 17.3 Å². The van der Waals surface area contributed by atoms with E-state index in [4.69, 9.17) is 0 Å². The van der Waals surface area contributed by atoms with Gasteiger partial charge >= 0.3 is 6.18 Å². The molecule has 4 heteroatoms. The van der Waals surface area contributed by atoms with Crippen LogP contribution in [-0.4, -0.2) is 4.98 Å². The summed E-state index contributed by atoms with van der Waals surface area (Å²) >= 11 is 0. The predicted octanol–water partition coefficient (Wildman–Crippen LogP) is 8.17. The van der Waals surface area contributed by atoms with Crippen molar-refractivity contribution in [2.24, 2.45) is 11.8 Å². The highest BCUT2D eigenvalue weighted by Gasteiger charge is 2.32. The zero-order valence-corrected chi connectivity index (χ0v) is 18.1. The number of pyridine rings is 1. The average molecular weight is 396 g/mol. The third-order valence-electron chi connectivity index (χ3n) is 5.15. The molecular weight excluding hydrogens is 359 g/mol. The first-order valence-electron chi connectivity index (χ1n) is 10.7. The van der Waals surface area contributed by atoms with Gasteiger partial charge in [0.05, 0.1) is 0 Å². The maximum atomic E-state index is 12.8. The molecule has 0 amide bonds. The van der Waals surface area contributed by atoms with Crippen LogP contribution in [0.2, 0.25) is 0 Å². The summed E-state index contributed by atoms with van der Waals surface area (Å²) in [6.07, 6.45) is 8.78. The lowest BCUT2D eigenvalue weighted by atomic mass is 9.81. The summed E-state index contributed by atoms with van der Waals surface area (Å²) in [5.74, 6) is 0.987. The van der Waals surface area contributed by atoms with Gasteiger partial charge in [-0.2, -0.15) is 13.2 Å². The first kappa shape index (κ1) is 24.5. The van der Waals surface area contributed by atoms with Crippen LogP contribution in [0.5, 0.6) is 0 Å². The SMILES string of the molecule is CC/C=C(Cc1ccc(C(F)(F)F)nc1)/C(=C\C(C)CC)C(CCC)CCC. The van der Waals surface area contributed by atoms with E-state index in [0.717, 1.165) is 50.2 Å². The molecule has 0 N–H and O–H groups in total. The van der Waals surface area contributed by atoms with Crippen LogP contribution < -0.4 is 0 Å². The molecule has 0 spiro atoms. The van der Waals surface area contributed by atoms with Crippen molar-refractivity contribution in [2.45, 2.75) is 85.7 Å². The van der Waals surface area contributed by atoms with Crippen molar-refractivity contribution >= 4 is 0 Å². The third kappa shape index (κ3) is 7.81. The van der Waals surface area contributed by atoms with E-state index in [1.807, 2.05) is 0 Å². The number of halogens is 3. The van der Waals surface area contributed by atoms with E-state index in [-0.39, 0.29) is 0 Å². The van der Waals surface area contributed by atoms with E-state index < -0.39 is 11.9 Å². The van der Waals surface area contributed by atoms with Gasteiger partial charge in [0.25, 0.3) is 0 Å². The molecule has 0 fully saturated rings. The molecule has 1 aromatic rings. The minimum atomic E-state index is -4.39. The van der Waals surface area contributed by atoms with Gasteiger partial charge < -0.3 is 0 Å². The van der Waals surface area contributed by atoms with Gasteiger partial charge in [-0.1, -0.05) is 72.1 Å². The van der Waals surface area contributed by atoms with Crippen molar-refractivity contribution < 1.29 is 13.2 Å². The van der Waals surface area contributed by atoms with E-state index in [9.17, 15) is 13.2 Å². The number of hydrogen-bond acceptors (Lipinski definition) is 1. The Morgan fingerprint density at radius 1 is 1.07 bits per heavy atom. The Morgan fingerprint density at radius 3 is 2.14 bits per heavy atom. The number of nitrogens with zero attached hydrogens (tertiary/aromatic N) is 1. The van der Waals surface area contributed by atoms with Crippen LogP contribution in [0.3, 0.4) is 0 Å². The second-order valence-electron chi connectivity index (χ2n) is 7.65. The Bertz CT molecular complexity index is 620. The Labute approximate surface area is 169 Å². The smallest absolute Gasteiger partial charge is 0.251 e. The zero-order valence-electron chi connectivity index (χ0n) is 18.1. The average Bonchev–Trinajstić information content (AvgIpc) is 2.65. The minimum absolute atomic E-state index is 0.484. The number of rotatable bonds is 11. The molecular formula is C24H36F3N. The van der Waals surface area contributed by atoms with Gasteiger partial charge in [0.1, 0.15) is 5.69 Å². The summed E-state index contributed by atoms with van der Waals surface area (Å²) in [5.41, 5.74) is 2.63. The van der Waals surface area contributed by atoms with Gasteiger partial charge in [-0.25, -0.2) is 0 Å². The topological polar surface area (TPSA) is 12.9 Å². The number of hydrogen-bond donors (Lipinski definition) is 0. The molecule has 0 aromatic carbocycles. The molecule has 1 heterocycles. The minimum Gasteiger partial charge on any atom is -0.251 e. The van der Waals surface area contributed by atoms with Crippen LogP contribution in [0.25, 0.3) is 0 Å². The molecule has 0 saturated heterocycles. The monoisotopic (exact) mass is 395 g/mol. The summed E-state index contributed by atoms with van der Waals surface area (Å²) in [4.78, 5) is 3.65. The van der Waals surface area contributed by atoms with Crippen LogP contribution in [-0.2, 0) is 12.6 Å². The quantitative estimate of drug-likeness (QED) is 0.344. The van der Waals surface area contributed by atoms with Gasteiger partial charge in [-0.15, -0.1) is 0 Å². The van der Waals surface area contributed by atoms with Crippen molar-refractivity contribution in [2.75, 3.05) is 0 Å². The fraction of sp³-hybridized carbons (Fsp3) is 0.625. The van der Waals surface area contributed by atoms with Crippen molar-refractivity contribution in [3.63, 3.8) is 0 Å². The van der Waals surface area contributed by atoms with Crippen molar-refractivity contribution in [3.05, 3.63) is 52.9 Å². The molecule has 28 heavy (non-hydrogen) atoms. The number of allylic oxidation sites excluding steroid dienone is 4. The molecule has 1 unspecified atom stereocenters. The van der Waals surface area contributed by atoms with E-state index in [2.05, 4.69) is 51.8 Å². The van der Waals surface area contributed by atoms with Crippen LogP contribution >= 0.6 is 0 Å². The van der Waals surface area contributed by atoms with Crippen LogP contribution in [0.4, 0.5) is 13.2 Å². The van der Waals surface area contributed by atoms with Crippen molar-refractivity contribution in [1.29, 1.82) is 0 Å². The van der Waals surface area contributed by atoms with Gasteiger partial charge in [0.15, 0.2) is 0 Å². The molecule has 0 aliphatic rings. The molecule has 1 rings (SSSR count). The summed E-state index contributed by atoms with van der Waals surface area (Å²) in [6.45, 7) is 11.0. The second kappa shape index (κ2) is 12.1. The Balaban J connectivity index is 3.24. The van der Waals surface area contributed by atoms with Crippen molar-refractivity contribution in [1.82, 2.24) is 4.98 Å². The molecule has 0 aliphatic heterocycles. The molecule has 158 valence electrons. The third-order valence-corrected chi connectivity index (χ3v) is 5.15. The summed E-state index contributed by atoms with van der Waals surface area (Å²) in [6, 6.07) is 2.65. The fourth-order valence-electron chi connectivity index (χ4n) is 3.54. The molecule has 1 nitrogen and oxygen atoms in total. The molecule has 0 bridgehead atoms. The first-order chi connectivity index (χ1) is 13.3. The van der Waals surface area contributed by atoms with Gasteiger partial charge in [-0.05, 0) is 60.3 Å². The van der Waals surface area contributed by atoms with E-state index in [0.29, 0.717) is 18.3 Å². The largest absolute Gasteiger partial charge is 0.433 e. The van der Waals surface area contributed by atoms with Crippen LogP contribution in [0, 0.1) is 11.8 Å². The Kier molecular flexibility index (Phi) is 10.6. The predicted molar refractivity (Wildman–Crippen MR) is 112 cm³/mol. The molecule has 1 aromatic heterocycles. The fourth-order valence-corrected chi connectivity index (χ4v) is 3.54. The molecule has 0 radical (unpaired) electrons. The summed E-state index contributed by atoms with van der Waals surface area (Å²) < 4.78 is 38.4. The second-order valence-corrected chi connectivity index (χ2v) is 7.65. The van der Waals surface area contributed by atoms with Gasteiger partial charge in [-0.3, -0.25) is 4.98 Å². The van der Waals surface area contributed by atoms with Gasteiger partial charge in [0, 0.05) is 6.20 Å². The van der Waals surface area contributed by atoms with E-state index in [1.54, 1.807) is 6.07 Å². The maximum Gasteiger partial charge on any atom is 0.433 e. The van der Waals surface area contributed by atoms with E-state index >= 15 is 0 Å². The lowest BCUT2D eigenvalue weighted by Gasteiger charge is -2.24. The van der Waals surface area contributed by atoms with Gasteiger partial charge in [0.2, 0.25) is 0 Å². The zero-order chi connectivity index (χ0) is 21.2. The first-order valence-corrected chi connectivity index (χ1v) is 10.7. The number of alkyl halides is 3. The Morgan fingerprint density at radius 2 is 1.71 bits per heavy atom. The van der Waals surface area contributed by atoms with Crippen molar-refractivity contribution in [3.8, 4) is 0 Å². The number of aromatic nitrogens is 1. The summed E-state index contributed by atoms with van der Waals surface area (Å²) in [7, 11) is 0. The highest BCUT2D eigenvalue weighted by atomic mass is 19.4. The standard InChI is InChI=1S/C24H36F3N/c1-6-10-20(11-7-2)22(15-18(5)9-4)21(12-8-3)16-19-13-14-23(28-17-19)24(25,26)27/h12-15,17-18,20H,6-11,16H2,1-5H3/b21-12+,22-15-. The highest BCUT2D eigenvalue weighted by Crippen LogP contribution is 2.33.